The number of para-hydroxylation sites is 1. The molecule has 34 heavy (non-hydrogen) atoms. The van der Waals surface area contributed by atoms with E-state index in [0.29, 0.717) is 6.04 Å². The second kappa shape index (κ2) is 10.5. The largest absolute Gasteiger partial charge is 0.463 e. The van der Waals surface area contributed by atoms with Gasteiger partial charge in [0.05, 0.1) is 11.2 Å². The van der Waals surface area contributed by atoms with Gasteiger partial charge in [0.1, 0.15) is 5.58 Å². The molecule has 2 aromatic carbocycles. The van der Waals surface area contributed by atoms with Crippen LogP contribution in [-0.4, -0.2) is 36.5 Å². The molecule has 2 bridgehead atoms. The van der Waals surface area contributed by atoms with Crippen molar-refractivity contribution in [2.24, 2.45) is 0 Å². The molecular weight excluding hydrogens is 446 g/mol. The van der Waals surface area contributed by atoms with Gasteiger partial charge in [0.2, 0.25) is 0 Å². The summed E-state index contributed by atoms with van der Waals surface area (Å²) in [5.74, 6) is 0. The molecule has 2 aliphatic rings. The standard InChI is InChI=1S/C21H27NO.C7H8O3S/c1-3-5-11-22-17-9-10-18(22)13-16(12-17)20-14-23-21-15(4-2)7-6-8-19(20)21;1-6-2-4-7(5-3-6)11(8,9)10/h6-8,12,14,17-18H,3-5,9-11,13H2,1-2H3;2-5H,1H3,(H,8,9,10). The molecular formula is C28H35NO4S. The summed E-state index contributed by atoms with van der Waals surface area (Å²) in [6.07, 6.45) is 12.0. The predicted molar refractivity (Wildman–Crippen MR) is 138 cm³/mol. The average molecular weight is 482 g/mol. The fourth-order valence-corrected chi connectivity index (χ4v) is 5.64. The minimum absolute atomic E-state index is 0.0666. The van der Waals surface area contributed by atoms with Crippen LogP contribution in [-0.2, 0) is 16.5 Å². The third-order valence-corrected chi connectivity index (χ3v) is 7.90. The van der Waals surface area contributed by atoms with Crippen molar-refractivity contribution in [3.63, 3.8) is 0 Å². The number of aryl methyl sites for hydroxylation is 2. The molecule has 1 fully saturated rings. The molecule has 182 valence electrons. The minimum Gasteiger partial charge on any atom is -0.463 e. The van der Waals surface area contributed by atoms with E-state index in [1.807, 2.05) is 13.2 Å². The highest BCUT2D eigenvalue weighted by Gasteiger charge is 2.36. The van der Waals surface area contributed by atoms with Crippen molar-refractivity contribution in [2.75, 3.05) is 6.54 Å². The van der Waals surface area contributed by atoms with Crippen molar-refractivity contribution in [3.8, 4) is 0 Å². The Morgan fingerprint density at radius 2 is 1.85 bits per heavy atom. The first kappa shape index (κ1) is 24.7. The average Bonchev–Trinajstić information content (AvgIpc) is 3.35. The maximum absolute atomic E-state index is 10.5. The van der Waals surface area contributed by atoms with Crippen molar-refractivity contribution >= 4 is 26.7 Å². The third-order valence-electron chi connectivity index (χ3n) is 7.04. The van der Waals surface area contributed by atoms with E-state index < -0.39 is 10.1 Å². The normalized spacial score (nSPS) is 20.2. The molecule has 6 heteroatoms. The van der Waals surface area contributed by atoms with Gasteiger partial charge < -0.3 is 4.42 Å². The van der Waals surface area contributed by atoms with Gasteiger partial charge in [-0.2, -0.15) is 8.42 Å². The van der Waals surface area contributed by atoms with Gasteiger partial charge in [-0.15, -0.1) is 0 Å². The van der Waals surface area contributed by atoms with Crippen LogP contribution >= 0.6 is 0 Å². The summed E-state index contributed by atoms with van der Waals surface area (Å²) in [6, 6.07) is 14.0. The molecule has 3 aromatic rings. The van der Waals surface area contributed by atoms with Crippen LogP contribution in [0.15, 0.2) is 64.1 Å². The van der Waals surface area contributed by atoms with Crippen LogP contribution in [0.25, 0.3) is 16.5 Å². The van der Waals surface area contributed by atoms with E-state index in [1.54, 1.807) is 12.1 Å². The molecule has 1 N–H and O–H groups in total. The van der Waals surface area contributed by atoms with Crippen molar-refractivity contribution < 1.29 is 17.4 Å². The van der Waals surface area contributed by atoms with Crippen LogP contribution < -0.4 is 0 Å². The first-order valence-electron chi connectivity index (χ1n) is 12.3. The smallest absolute Gasteiger partial charge is 0.294 e. The van der Waals surface area contributed by atoms with Gasteiger partial charge in [0.15, 0.2) is 0 Å². The highest BCUT2D eigenvalue weighted by atomic mass is 32.2. The Balaban J connectivity index is 0.000000210. The van der Waals surface area contributed by atoms with Gasteiger partial charge in [-0.05, 0) is 68.8 Å². The molecule has 5 nitrogen and oxygen atoms in total. The molecule has 2 aliphatic heterocycles. The number of hydrogen-bond acceptors (Lipinski definition) is 4. The molecule has 2 atom stereocenters. The number of fused-ring (bicyclic) bond motifs is 3. The monoisotopic (exact) mass is 481 g/mol. The Bertz CT molecular complexity index is 1260. The van der Waals surface area contributed by atoms with Crippen molar-refractivity contribution in [1.29, 1.82) is 0 Å². The van der Waals surface area contributed by atoms with E-state index in [-0.39, 0.29) is 4.90 Å². The molecule has 1 saturated heterocycles. The predicted octanol–water partition coefficient (Wildman–Crippen LogP) is 6.66. The summed E-state index contributed by atoms with van der Waals surface area (Å²) in [5, 5.41) is 1.30. The van der Waals surface area contributed by atoms with E-state index in [2.05, 4.69) is 43.0 Å². The molecule has 1 aromatic heterocycles. The second-order valence-electron chi connectivity index (χ2n) is 9.37. The van der Waals surface area contributed by atoms with E-state index in [1.165, 1.54) is 72.9 Å². The van der Waals surface area contributed by atoms with Crippen LogP contribution in [0, 0.1) is 6.92 Å². The van der Waals surface area contributed by atoms with Crippen LogP contribution in [0.1, 0.15) is 62.6 Å². The Labute approximate surface area is 203 Å². The number of benzene rings is 2. The van der Waals surface area contributed by atoms with Gasteiger partial charge in [-0.1, -0.05) is 62.2 Å². The lowest BCUT2D eigenvalue weighted by Gasteiger charge is -2.33. The van der Waals surface area contributed by atoms with Crippen LogP contribution in [0.5, 0.6) is 0 Å². The lowest BCUT2D eigenvalue weighted by molar-refractivity contribution is 0.209. The lowest BCUT2D eigenvalue weighted by atomic mass is 9.93. The van der Waals surface area contributed by atoms with Crippen LogP contribution in [0.2, 0.25) is 0 Å². The van der Waals surface area contributed by atoms with Gasteiger partial charge in [0, 0.05) is 23.0 Å². The maximum Gasteiger partial charge on any atom is 0.294 e. The zero-order valence-corrected chi connectivity index (χ0v) is 21.1. The summed E-state index contributed by atoms with van der Waals surface area (Å²) in [6.45, 7) is 7.59. The Hall–Kier alpha value is -2.41. The molecule has 0 saturated carbocycles. The highest BCUT2D eigenvalue weighted by Crippen LogP contribution is 2.41. The van der Waals surface area contributed by atoms with Crippen LogP contribution in [0.3, 0.4) is 0 Å². The van der Waals surface area contributed by atoms with Gasteiger partial charge >= 0.3 is 0 Å². The van der Waals surface area contributed by atoms with E-state index in [9.17, 15) is 8.42 Å². The number of nitrogens with zero attached hydrogens (tertiary/aromatic N) is 1. The van der Waals surface area contributed by atoms with E-state index in [4.69, 9.17) is 8.97 Å². The van der Waals surface area contributed by atoms with Crippen LogP contribution in [0.4, 0.5) is 0 Å². The van der Waals surface area contributed by atoms with Gasteiger partial charge in [-0.3, -0.25) is 9.45 Å². The molecule has 5 rings (SSSR count). The summed E-state index contributed by atoms with van der Waals surface area (Å²) in [4.78, 5) is 2.68. The second-order valence-corrected chi connectivity index (χ2v) is 10.8. The number of unbranched alkanes of at least 4 members (excludes halogenated alkanes) is 1. The summed E-state index contributed by atoms with van der Waals surface area (Å²) in [7, 11) is -4.02. The summed E-state index contributed by atoms with van der Waals surface area (Å²) >= 11 is 0. The third kappa shape index (κ3) is 5.29. The summed E-state index contributed by atoms with van der Waals surface area (Å²) in [5.41, 5.74) is 6.21. The Kier molecular flexibility index (Phi) is 7.60. The molecule has 0 amide bonds. The molecule has 0 spiro atoms. The fourth-order valence-electron chi connectivity index (χ4n) is 5.16. The van der Waals surface area contributed by atoms with Crippen molar-refractivity contribution in [3.05, 3.63) is 71.5 Å². The first-order valence-corrected chi connectivity index (χ1v) is 13.8. The SMILES string of the molecule is CCCCN1C2C=C(c3coc4c(CC)cccc34)CC1CC2.Cc1ccc(S(=O)(=O)O)cc1. The van der Waals surface area contributed by atoms with E-state index >= 15 is 0 Å². The topological polar surface area (TPSA) is 70.8 Å². The maximum atomic E-state index is 10.5. The molecule has 0 radical (unpaired) electrons. The lowest BCUT2D eigenvalue weighted by Crippen LogP contribution is -2.38. The summed E-state index contributed by atoms with van der Waals surface area (Å²) < 4.78 is 35.5. The Morgan fingerprint density at radius 3 is 2.50 bits per heavy atom. The minimum atomic E-state index is -4.02. The molecule has 2 unspecified atom stereocenters. The molecule has 0 aliphatic carbocycles. The van der Waals surface area contributed by atoms with Crippen molar-refractivity contribution in [1.82, 2.24) is 4.90 Å². The number of hydrogen-bond donors (Lipinski definition) is 1. The quantitative estimate of drug-likeness (QED) is 0.399. The highest BCUT2D eigenvalue weighted by molar-refractivity contribution is 7.85. The fraction of sp³-hybridized carbons (Fsp3) is 0.429. The zero-order chi connectivity index (χ0) is 24.3. The Morgan fingerprint density at radius 1 is 1.09 bits per heavy atom. The number of rotatable bonds is 6. The van der Waals surface area contributed by atoms with Gasteiger partial charge in [0.25, 0.3) is 10.1 Å². The molecule has 3 heterocycles. The zero-order valence-electron chi connectivity index (χ0n) is 20.3. The van der Waals surface area contributed by atoms with E-state index in [0.717, 1.165) is 23.6 Å². The van der Waals surface area contributed by atoms with Crippen molar-refractivity contribution in [2.45, 2.75) is 76.3 Å². The van der Waals surface area contributed by atoms with Gasteiger partial charge in [-0.25, -0.2) is 0 Å². The first-order chi connectivity index (χ1) is 16.3. The number of furan rings is 1.